The molecule has 1 N–H and O–H groups in total. The number of benzene rings is 2. The van der Waals surface area contributed by atoms with Gasteiger partial charge in [0.05, 0.1) is 12.1 Å². The topological polar surface area (TPSA) is 42.0 Å². The predicted octanol–water partition coefficient (Wildman–Crippen LogP) is 4.41. The van der Waals surface area contributed by atoms with Crippen molar-refractivity contribution < 1.29 is 9.18 Å². The van der Waals surface area contributed by atoms with Gasteiger partial charge in [0, 0.05) is 17.5 Å². The first kappa shape index (κ1) is 17.3. The lowest BCUT2D eigenvalue weighted by Crippen LogP contribution is -2.28. The van der Waals surface area contributed by atoms with Gasteiger partial charge in [0.15, 0.2) is 0 Å². The Balaban J connectivity index is 1.54. The molecule has 3 nitrogen and oxygen atoms in total. The maximum atomic E-state index is 13.0. The number of thiazole rings is 1. The fourth-order valence-corrected chi connectivity index (χ4v) is 3.33. The Labute approximate surface area is 150 Å². The summed E-state index contributed by atoms with van der Waals surface area (Å²) in [6, 6.07) is 16.3. The molecule has 3 aromatic rings. The van der Waals surface area contributed by atoms with Crippen LogP contribution in [0.3, 0.4) is 0 Å². The zero-order valence-electron chi connectivity index (χ0n) is 13.9. The molecule has 1 aromatic heterocycles. The first-order chi connectivity index (χ1) is 12.1. The maximum Gasteiger partial charge on any atom is 0.226 e. The minimum Gasteiger partial charge on any atom is -0.355 e. The number of amides is 1. The standard InChI is InChI=1S/C20H19FN2OS/c1-14(15-5-3-2-4-6-15)12-22-19(24)11-18-13-25-20(23-18)16-7-9-17(21)10-8-16/h2-10,13-14H,11-12H2,1H3,(H,22,24)/t14-/m1/s1. The molecular formula is C20H19FN2OS. The average Bonchev–Trinajstić information content (AvgIpc) is 3.09. The number of hydrogen-bond donors (Lipinski definition) is 1. The Kier molecular flexibility index (Phi) is 5.56. The van der Waals surface area contributed by atoms with E-state index in [1.165, 1.54) is 29.0 Å². The normalized spacial score (nSPS) is 11.9. The van der Waals surface area contributed by atoms with E-state index in [1.807, 2.05) is 23.6 Å². The molecule has 1 amide bonds. The SMILES string of the molecule is C[C@H](CNC(=O)Cc1csc(-c2ccc(F)cc2)n1)c1ccccc1. The molecule has 0 bridgehead atoms. The molecular weight excluding hydrogens is 335 g/mol. The monoisotopic (exact) mass is 354 g/mol. The zero-order chi connectivity index (χ0) is 17.6. The molecule has 0 radical (unpaired) electrons. The van der Waals surface area contributed by atoms with Crippen molar-refractivity contribution in [3.63, 3.8) is 0 Å². The fraction of sp³-hybridized carbons (Fsp3) is 0.200. The van der Waals surface area contributed by atoms with Gasteiger partial charge in [0.2, 0.25) is 5.91 Å². The van der Waals surface area contributed by atoms with E-state index in [4.69, 9.17) is 0 Å². The van der Waals surface area contributed by atoms with Crippen molar-refractivity contribution in [1.29, 1.82) is 0 Å². The van der Waals surface area contributed by atoms with E-state index in [1.54, 1.807) is 12.1 Å². The van der Waals surface area contributed by atoms with Gasteiger partial charge in [0.25, 0.3) is 0 Å². The lowest BCUT2D eigenvalue weighted by molar-refractivity contribution is -0.120. The van der Waals surface area contributed by atoms with Crippen LogP contribution in [0.25, 0.3) is 10.6 Å². The molecule has 5 heteroatoms. The summed E-state index contributed by atoms with van der Waals surface area (Å²) in [4.78, 5) is 16.6. The van der Waals surface area contributed by atoms with Crippen LogP contribution in [0.5, 0.6) is 0 Å². The number of hydrogen-bond acceptors (Lipinski definition) is 3. The molecule has 0 aliphatic carbocycles. The van der Waals surface area contributed by atoms with Crippen LogP contribution in [0.2, 0.25) is 0 Å². The largest absolute Gasteiger partial charge is 0.355 e. The maximum absolute atomic E-state index is 13.0. The summed E-state index contributed by atoms with van der Waals surface area (Å²) < 4.78 is 13.0. The lowest BCUT2D eigenvalue weighted by Gasteiger charge is -2.12. The molecule has 0 fully saturated rings. The molecule has 0 aliphatic rings. The van der Waals surface area contributed by atoms with E-state index in [-0.39, 0.29) is 24.1 Å². The van der Waals surface area contributed by atoms with Gasteiger partial charge in [-0.2, -0.15) is 0 Å². The molecule has 25 heavy (non-hydrogen) atoms. The van der Waals surface area contributed by atoms with Crippen molar-refractivity contribution in [1.82, 2.24) is 10.3 Å². The predicted molar refractivity (Wildman–Crippen MR) is 99.1 cm³/mol. The van der Waals surface area contributed by atoms with Gasteiger partial charge >= 0.3 is 0 Å². The Morgan fingerprint density at radius 2 is 1.88 bits per heavy atom. The van der Waals surface area contributed by atoms with Crippen LogP contribution in [0.1, 0.15) is 24.1 Å². The summed E-state index contributed by atoms with van der Waals surface area (Å²) in [5.74, 6) is -0.0541. The highest BCUT2D eigenvalue weighted by Crippen LogP contribution is 2.24. The van der Waals surface area contributed by atoms with Gasteiger partial charge in [-0.3, -0.25) is 4.79 Å². The second-order valence-corrected chi connectivity index (χ2v) is 6.80. The van der Waals surface area contributed by atoms with Crippen LogP contribution in [-0.2, 0) is 11.2 Å². The zero-order valence-corrected chi connectivity index (χ0v) is 14.7. The summed E-state index contributed by atoms with van der Waals surface area (Å²) in [5, 5.41) is 5.63. The molecule has 2 aromatic carbocycles. The number of carbonyl (C=O) groups is 1. The van der Waals surface area contributed by atoms with Crippen LogP contribution >= 0.6 is 11.3 Å². The van der Waals surface area contributed by atoms with E-state index in [0.29, 0.717) is 6.54 Å². The third kappa shape index (κ3) is 4.73. The molecule has 128 valence electrons. The Bertz CT molecular complexity index is 830. The van der Waals surface area contributed by atoms with E-state index in [2.05, 4.69) is 29.4 Å². The fourth-order valence-electron chi connectivity index (χ4n) is 2.51. The Morgan fingerprint density at radius 1 is 1.16 bits per heavy atom. The minimum atomic E-state index is -0.271. The van der Waals surface area contributed by atoms with Crippen molar-refractivity contribution in [2.75, 3.05) is 6.54 Å². The second kappa shape index (κ2) is 8.03. The van der Waals surface area contributed by atoms with Crippen molar-refractivity contribution >= 4 is 17.2 Å². The average molecular weight is 354 g/mol. The van der Waals surface area contributed by atoms with Crippen molar-refractivity contribution in [3.8, 4) is 10.6 Å². The Hall–Kier alpha value is -2.53. The van der Waals surface area contributed by atoms with Gasteiger partial charge in [-0.1, -0.05) is 37.3 Å². The smallest absolute Gasteiger partial charge is 0.226 e. The molecule has 0 spiro atoms. The van der Waals surface area contributed by atoms with Gasteiger partial charge in [0.1, 0.15) is 10.8 Å². The molecule has 1 heterocycles. The van der Waals surface area contributed by atoms with Gasteiger partial charge < -0.3 is 5.32 Å². The molecule has 0 saturated heterocycles. The molecule has 0 saturated carbocycles. The highest BCUT2D eigenvalue weighted by Gasteiger charge is 2.11. The van der Waals surface area contributed by atoms with E-state index < -0.39 is 0 Å². The van der Waals surface area contributed by atoms with Crippen molar-refractivity contribution in [2.45, 2.75) is 19.3 Å². The number of nitrogens with zero attached hydrogens (tertiary/aromatic N) is 1. The number of aromatic nitrogens is 1. The molecule has 3 rings (SSSR count). The second-order valence-electron chi connectivity index (χ2n) is 5.94. The molecule has 1 atom stereocenters. The molecule has 0 aliphatic heterocycles. The van der Waals surface area contributed by atoms with Crippen LogP contribution in [0.15, 0.2) is 60.0 Å². The first-order valence-electron chi connectivity index (χ1n) is 8.14. The Morgan fingerprint density at radius 3 is 2.60 bits per heavy atom. The number of rotatable bonds is 6. The summed E-state index contributed by atoms with van der Waals surface area (Å²) in [5.41, 5.74) is 2.79. The summed E-state index contributed by atoms with van der Waals surface area (Å²) >= 11 is 1.46. The summed E-state index contributed by atoms with van der Waals surface area (Å²) in [7, 11) is 0. The summed E-state index contributed by atoms with van der Waals surface area (Å²) in [6.07, 6.45) is 0.249. The van der Waals surface area contributed by atoms with E-state index >= 15 is 0 Å². The highest BCUT2D eigenvalue weighted by atomic mass is 32.1. The first-order valence-corrected chi connectivity index (χ1v) is 9.02. The number of halogens is 1. The minimum absolute atomic E-state index is 0.0428. The number of nitrogens with one attached hydrogen (secondary N) is 1. The quantitative estimate of drug-likeness (QED) is 0.712. The third-order valence-electron chi connectivity index (χ3n) is 3.96. The lowest BCUT2D eigenvalue weighted by atomic mass is 10.0. The van der Waals surface area contributed by atoms with Crippen LogP contribution < -0.4 is 5.32 Å². The van der Waals surface area contributed by atoms with Crippen LogP contribution in [0.4, 0.5) is 4.39 Å². The number of carbonyl (C=O) groups excluding carboxylic acids is 1. The van der Waals surface area contributed by atoms with Gasteiger partial charge in [-0.15, -0.1) is 11.3 Å². The van der Waals surface area contributed by atoms with E-state index in [9.17, 15) is 9.18 Å². The van der Waals surface area contributed by atoms with Crippen LogP contribution in [-0.4, -0.2) is 17.4 Å². The highest BCUT2D eigenvalue weighted by molar-refractivity contribution is 7.13. The third-order valence-corrected chi connectivity index (χ3v) is 4.90. The van der Waals surface area contributed by atoms with Crippen molar-refractivity contribution in [3.05, 3.63) is 77.1 Å². The van der Waals surface area contributed by atoms with E-state index in [0.717, 1.165) is 16.3 Å². The molecule has 0 unspecified atom stereocenters. The summed E-state index contributed by atoms with van der Waals surface area (Å²) in [6.45, 7) is 2.68. The van der Waals surface area contributed by atoms with Crippen molar-refractivity contribution in [2.24, 2.45) is 0 Å². The van der Waals surface area contributed by atoms with Gasteiger partial charge in [-0.25, -0.2) is 9.37 Å². The van der Waals surface area contributed by atoms with Gasteiger partial charge in [-0.05, 0) is 35.7 Å². The van der Waals surface area contributed by atoms with Crippen LogP contribution in [0, 0.1) is 5.82 Å².